The van der Waals surface area contributed by atoms with Crippen LogP contribution in [0.3, 0.4) is 0 Å². The summed E-state index contributed by atoms with van der Waals surface area (Å²) in [7, 11) is 0. The number of nitrogens with zero attached hydrogens (tertiary/aromatic N) is 2. The highest BCUT2D eigenvalue weighted by Crippen LogP contribution is 2.11. The Balaban J connectivity index is 1.46. The van der Waals surface area contributed by atoms with Gasteiger partial charge in [-0.25, -0.2) is 4.99 Å². The molecule has 1 aliphatic heterocycles. The Labute approximate surface area is 171 Å². The summed E-state index contributed by atoms with van der Waals surface area (Å²) in [6.45, 7) is 7.03. The number of ether oxygens (including phenoxy) is 1. The monoisotopic (exact) mass is 404 g/mol. The molecule has 0 radical (unpaired) electrons. The molecule has 0 amide bonds. The molecule has 2 heterocycles. The average molecular weight is 405 g/mol. The average Bonchev–Trinajstić information content (AvgIpc) is 3.23. The Morgan fingerprint density at radius 1 is 1.11 bits per heavy atom. The van der Waals surface area contributed by atoms with Gasteiger partial charge >= 0.3 is 0 Å². The molecular formula is C21H29ClN4O2. The Morgan fingerprint density at radius 2 is 1.96 bits per heavy atom. The number of hydrogen-bond acceptors (Lipinski definition) is 4. The predicted molar refractivity (Wildman–Crippen MR) is 113 cm³/mol. The quantitative estimate of drug-likeness (QED) is 0.382. The lowest BCUT2D eigenvalue weighted by Gasteiger charge is -2.26. The van der Waals surface area contributed by atoms with Crippen molar-refractivity contribution in [3.8, 4) is 0 Å². The van der Waals surface area contributed by atoms with E-state index in [4.69, 9.17) is 25.7 Å². The zero-order valence-corrected chi connectivity index (χ0v) is 17.0. The fraction of sp³-hybridized carbons (Fsp3) is 0.476. The van der Waals surface area contributed by atoms with Crippen LogP contribution in [0.1, 0.15) is 17.7 Å². The molecule has 152 valence electrons. The highest BCUT2D eigenvalue weighted by molar-refractivity contribution is 6.30. The van der Waals surface area contributed by atoms with Crippen molar-refractivity contribution in [2.45, 2.75) is 19.4 Å². The van der Waals surface area contributed by atoms with Gasteiger partial charge in [0.25, 0.3) is 0 Å². The summed E-state index contributed by atoms with van der Waals surface area (Å²) >= 11 is 6.07. The van der Waals surface area contributed by atoms with Gasteiger partial charge in [-0.15, -0.1) is 0 Å². The lowest BCUT2D eigenvalue weighted by molar-refractivity contribution is 0.0376. The first-order valence-electron chi connectivity index (χ1n) is 9.89. The van der Waals surface area contributed by atoms with Crippen molar-refractivity contribution in [1.29, 1.82) is 0 Å². The maximum Gasteiger partial charge on any atom is 0.191 e. The van der Waals surface area contributed by atoms with Crippen LogP contribution in [0.25, 0.3) is 0 Å². The normalized spacial score (nSPS) is 15.5. The molecule has 0 aliphatic carbocycles. The van der Waals surface area contributed by atoms with Crippen molar-refractivity contribution in [3.63, 3.8) is 0 Å². The van der Waals surface area contributed by atoms with E-state index < -0.39 is 0 Å². The summed E-state index contributed by atoms with van der Waals surface area (Å²) in [4.78, 5) is 7.15. The number of guanidine groups is 1. The molecule has 2 N–H and O–H groups in total. The third kappa shape index (κ3) is 7.54. The van der Waals surface area contributed by atoms with Gasteiger partial charge in [-0.3, -0.25) is 4.90 Å². The topological polar surface area (TPSA) is 62.0 Å². The second-order valence-corrected chi connectivity index (χ2v) is 7.22. The van der Waals surface area contributed by atoms with Crippen LogP contribution >= 0.6 is 11.6 Å². The highest BCUT2D eigenvalue weighted by atomic mass is 35.5. The molecule has 2 aromatic rings. The zero-order valence-electron chi connectivity index (χ0n) is 16.2. The van der Waals surface area contributed by atoms with Crippen molar-refractivity contribution >= 4 is 17.6 Å². The minimum Gasteiger partial charge on any atom is -0.469 e. The number of rotatable bonds is 9. The first kappa shape index (κ1) is 20.7. The molecule has 0 bridgehead atoms. The van der Waals surface area contributed by atoms with Crippen LogP contribution in [-0.2, 0) is 17.7 Å². The van der Waals surface area contributed by atoms with Gasteiger partial charge in [0.1, 0.15) is 5.76 Å². The summed E-state index contributed by atoms with van der Waals surface area (Å²) in [6.07, 6.45) is 3.59. The highest BCUT2D eigenvalue weighted by Gasteiger charge is 2.09. The number of nitrogens with one attached hydrogen (secondary N) is 2. The van der Waals surface area contributed by atoms with Gasteiger partial charge in [0.2, 0.25) is 0 Å². The summed E-state index contributed by atoms with van der Waals surface area (Å²) < 4.78 is 10.8. The largest absolute Gasteiger partial charge is 0.469 e. The minimum atomic E-state index is 0.583. The van der Waals surface area contributed by atoms with Gasteiger partial charge < -0.3 is 19.8 Å². The van der Waals surface area contributed by atoms with E-state index in [1.807, 2.05) is 36.4 Å². The van der Waals surface area contributed by atoms with Crippen LogP contribution < -0.4 is 10.6 Å². The zero-order chi connectivity index (χ0) is 19.4. The molecule has 0 unspecified atom stereocenters. The molecule has 3 rings (SSSR count). The van der Waals surface area contributed by atoms with E-state index in [9.17, 15) is 0 Å². The van der Waals surface area contributed by atoms with Gasteiger partial charge in [0, 0.05) is 37.6 Å². The fourth-order valence-corrected chi connectivity index (χ4v) is 3.29. The molecule has 1 aromatic carbocycles. The van der Waals surface area contributed by atoms with Crippen molar-refractivity contribution in [3.05, 3.63) is 59.0 Å². The number of morpholine rings is 1. The van der Waals surface area contributed by atoms with Gasteiger partial charge in [-0.2, -0.15) is 0 Å². The maximum atomic E-state index is 6.07. The summed E-state index contributed by atoms with van der Waals surface area (Å²) in [5.41, 5.74) is 1.09. The molecule has 1 fully saturated rings. The maximum absolute atomic E-state index is 6.07. The van der Waals surface area contributed by atoms with Gasteiger partial charge in [-0.05, 0) is 42.8 Å². The Hall–Kier alpha value is -2.02. The molecule has 7 heteroatoms. The van der Waals surface area contributed by atoms with E-state index in [2.05, 4.69) is 15.5 Å². The van der Waals surface area contributed by atoms with E-state index in [1.54, 1.807) is 6.26 Å². The Bertz CT molecular complexity index is 715. The van der Waals surface area contributed by atoms with Crippen LogP contribution in [-0.4, -0.2) is 56.8 Å². The van der Waals surface area contributed by atoms with E-state index in [0.717, 1.165) is 81.1 Å². The van der Waals surface area contributed by atoms with Crippen LogP contribution in [0.2, 0.25) is 5.02 Å². The molecule has 1 saturated heterocycles. The standard InChI is InChI=1S/C21H29ClN4O2/c22-19-5-1-4-18(16-19)17-25-21(24-9-7-20-6-2-13-28-20)23-8-3-10-26-11-14-27-15-12-26/h1-2,4-6,13,16H,3,7-12,14-15,17H2,(H2,23,24,25). The van der Waals surface area contributed by atoms with Crippen LogP contribution in [0, 0.1) is 0 Å². The molecule has 0 spiro atoms. The molecule has 0 saturated carbocycles. The number of halogens is 1. The molecule has 1 aliphatic rings. The minimum absolute atomic E-state index is 0.583. The van der Waals surface area contributed by atoms with Crippen LogP contribution in [0.15, 0.2) is 52.1 Å². The third-order valence-corrected chi connectivity index (χ3v) is 4.84. The third-order valence-electron chi connectivity index (χ3n) is 4.60. The number of benzene rings is 1. The van der Waals surface area contributed by atoms with Crippen molar-refractivity contribution in [2.75, 3.05) is 45.9 Å². The molecular weight excluding hydrogens is 376 g/mol. The predicted octanol–water partition coefficient (Wildman–Crippen LogP) is 2.93. The SMILES string of the molecule is Clc1cccc(CN=C(NCCCN2CCOCC2)NCCc2ccco2)c1. The molecule has 1 aromatic heterocycles. The van der Waals surface area contributed by atoms with Gasteiger partial charge in [0.05, 0.1) is 26.0 Å². The number of furan rings is 1. The van der Waals surface area contributed by atoms with E-state index in [1.165, 1.54) is 0 Å². The van der Waals surface area contributed by atoms with Crippen LogP contribution in [0.5, 0.6) is 0 Å². The van der Waals surface area contributed by atoms with Crippen molar-refractivity contribution in [1.82, 2.24) is 15.5 Å². The number of aliphatic imine (C=N–C) groups is 1. The Kier molecular flexibility index (Phi) is 8.68. The van der Waals surface area contributed by atoms with E-state index in [0.29, 0.717) is 6.54 Å². The van der Waals surface area contributed by atoms with Gasteiger partial charge in [-0.1, -0.05) is 23.7 Å². The molecule has 0 atom stereocenters. The molecule has 6 nitrogen and oxygen atoms in total. The lowest BCUT2D eigenvalue weighted by Crippen LogP contribution is -2.41. The fourth-order valence-electron chi connectivity index (χ4n) is 3.07. The Morgan fingerprint density at radius 3 is 2.75 bits per heavy atom. The van der Waals surface area contributed by atoms with Crippen molar-refractivity contribution < 1.29 is 9.15 Å². The first-order valence-corrected chi connectivity index (χ1v) is 10.3. The van der Waals surface area contributed by atoms with Crippen LogP contribution in [0.4, 0.5) is 0 Å². The second-order valence-electron chi connectivity index (χ2n) is 6.79. The number of hydrogen-bond donors (Lipinski definition) is 2. The summed E-state index contributed by atoms with van der Waals surface area (Å²) in [6, 6.07) is 11.7. The van der Waals surface area contributed by atoms with E-state index >= 15 is 0 Å². The van der Waals surface area contributed by atoms with Gasteiger partial charge in [0.15, 0.2) is 5.96 Å². The van der Waals surface area contributed by atoms with Crippen molar-refractivity contribution in [2.24, 2.45) is 4.99 Å². The lowest BCUT2D eigenvalue weighted by atomic mass is 10.2. The van der Waals surface area contributed by atoms with E-state index in [-0.39, 0.29) is 0 Å². The second kappa shape index (κ2) is 11.7. The smallest absolute Gasteiger partial charge is 0.191 e. The first-order chi connectivity index (χ1) is 13.8. The summed E-state index contributed by atoms with van der Waals surface area (Å²) in [5.74, 6) is 1.78. The summed E-state index contributed by atoms with van der Waals surface area (Å²) in [5, 5.41) is 7.57. The molecule has 28 heavy (non-hydrogen) atoms.